The minimum absolute atomic E-state index is 0.109. The number of nitrogens with one attached hydrogen (secondary N) is 1. The Bertz CT molecular complexity index is 360. The van der Waals surface area contributed by atoms with Gasteiger partial charge in [0.05, 0.1) is 5.56 Å². The highest BCUT2D eigenvalue weighted by Crippen LogP contribution is 2.17. The van der Waals surface area contributed by atoms with Gasteiger partial charge in [-0.25, -0.2) is 9.97 Å². The Balaban J connectivity index is 2.83. The van der Waals surface area contributed by atoms with E-state index in [1.807, 2.05) is 0 Å². The maximum atomic E-state index is 10.7. The molecule has 0 saturated carbocycles. The van der Waals surface area contributed by atoms with Crippen molar-refractivity contribution in [3.8, 4) is 0 Å². The van der Waals surface area contributed by atoms with E-state index in [0.29, 0.717) is 24.2 Å². The lowest BCUT2D eigenvalue weighted by Crippen LogP contribution is -2.20. The molecule has 0 aromatic carbocycles. The average molecular weight is 228 g/mol. The maximum absolute atomic E-state index is 10.7. The number of aldehydes is 1. The molecular weight excluding hydrogens is 214 g/mol. The molecule has 1 heterocycles. The summed E-state index contributed by atoms with van der Waals surface area (Å²) >= 11 is 5.65. The van der Waals surface area contributed by atoms with E-state index in [2.05, 4.69) is 36.1 Å². The summed E-state index contributed by atoms with van der Waals surface area (Å²) in [6.45, 7) is 6.97. The molecule has 0 saturated heterocycles. The van der Waals surface area contributed by atoms with Gasteiger partial charge in [0.25, 0.3) is 0 Å². The summed E-state index contributed by atoms with van der Waals surface area (Å²) in [5.41, 5.74) is 0.529. The minimum atomic E-state index is 0.109. The summed E-state index contributed by atoms with van der Waals surface area (Å²) < 4.78 is 0. The first-order valence-corrected chi connectivity index (χ1v) is 5.02. The van der Waals surface area contributed by atoms with Crippen LogP contribution in [0, 0.1) is 5.41 Å². The smallest absolute Gasteiger partial charge is 0.224 e. The monoisotopic (exact) mass is 227 g/mol. The zero-order valence-electron chi connectivity index (χ0n) is 9.04. The molecule has 5 heteroatoms. The van der Waals surface area contributed by atoms with E-state index in [9.17, 15) is 4.79 Å². The van der Waals surface area contributed by atoms with Crippen LogP contribution in [0.2, 0.25) is 5.28 Å². The molecule has 1 rings (SSSR count). The maximum Gasteiger partial charge on any atom is 0.224 e. The Labute approximate surface area is 94.1 Å². The molecule has 0 unspecified atom stereocenters. The quantitative estimate of drug-likeness (QED) is 0.637. The fraction of sp³-hybridized carbons (Fsp3) is 0.500. The summed E-state index contributed by atoms with van der Waals surface area (Å²) in [4.78, 5) is 18.4. The second-order valence-corrected chi connectivity index (χ2v) is 4.81. The lowest BCUT2D eigenvalue weighted by atomic mass is 9.97. The Morgan fingerprint density at radius 2 is 2.20 bits per heavy atom. The molecule has 1 aromatic heterocycles. The van der Waals surface area contributed by atoms with E-state index in [4.69, 9.17) is 11.6 Å². The first-order chi connectivity index (χ1) is 6.92. The number of carbonyl (C=O) groups excluding carboxylic acids is 1. The number of carbonyl (C=O) groups is 1. The molecule has 4 nitrogen and oxygen atoms in total. The molecule has 0 atom stereocenters. The number of nitrogens with zero attached hydrogens (tertiary/aromatic N) is 2. The van der Waals surface area contributed by atoms with Crippen LogP contribution in [0.3, 0.4) is 0 Å². The number of hydrogen-bond donors (Lipinski definition) is 1. The highest BCUT2D eigenvalue weighted by molar-refractivity contribution is 6.28. The normalized spacial score (nSPS) is 11.2. The second kappa shape index (κ2) is 4.57. The van der Waals surface area contributed by atoms with Gasteiger partial charge in [0.15, 0.2) is 6.29 Å². The van der Waals surface area contributed by atoms with E-state index >= 15 is 0 Å². The van der Waals surface area contributed by atoms with Gasteiger partial charge in [-0.05, 0) is 17.0 Å². The number of aromatic nitrogens is 2. The van der Waals surface area contributed by atoms with Crippen LogP contribution in [0.5, 0.6) is 0 Å². The Morgan fingerprint density at radius 1 is 1.53 bits per heavy atom. The van der Waals surface area contributed by atoms with Gasteiger partial charge in [0.1, 0.15) is 5.82 Å². The lowest BCUT2D eigenvalue weighted by molar-refractivity contribution is 0.112. The molecule has 15 heavy (non-hydrogen) atoms. The fourth-order valence-corrected chi connectivity index (χ4v) is 1.08. The van der Waals surface area contributed by atoms with Crippen molar-refractivity contribution in [1.82, 2.24) is 9.97 Å². The minimum Gasteiger partial charge on any atom is -0.369 e. The van der Waals surface area contributed by atoms with Gasteiger partial charge in [-0.15, -0.1) is 0 Å². The van der Waals surface area contributed by atoms with Crippen LogP contribution in [0.1, 0.15) is 31.1 Å². The predicted octanol–water partition coefficient (Wildman–Crippen LogP) is 2.40. The number of hydrogen-bond acceptors (Lipinski definition) is 4. The molecular formula is C10H14ClN3O. The molecule has 0 radical (unpaired) electrons. The predicted molar refractivity (Wildman–Crippen MR) is 60.4 cm³/mol. The molecule has 0 fully saturated rings. The highest BCUT2D eigenvalue weighted by atomic mass is 35.5. The topological polar surface area (TPSA) is 54.9 Å². The molecule has 0 aliphatic heterocycles. The third-order valence-corrected chi connectivity index (χ3v) is 1.88. The summed E-state index contributed by atoms with van der Waals surface area (Å²) in [7, 11) is 0. The largest absolute Gasteiger partial charge is 0.369 e. The first-order valence-electron chi connectivity index (χ1n) is 4.64. The van der Waals surface area contributed by atoms with Gasteiger partial charge in [0.2, 0.25) is 5.28 Å². The van der Waals surface area contributed by atoms with Gasteiger partial charge < -0.3 is 5.32 Å². The molecule has 1 N–H and O–H groups in total. The highest BCUT2D eigenvalue weighted by Gasteiger charge is 2.12. The third kappa shape index (κ3) is 3.83. The average Bonchev–Trinajstić information content (AvgIpc) is 2.14. The van der Waals surface area contributed by atoms with E-state index in [-0.39, 0.29) is 10.7 Å². The molecule has 0 amide bonds. The van der Waals surface area contributed by atoms with Crippen LogP contribution < -0.4 is 5.32 Å². The van der Waals surface area contributed by atoms with Crippen LogP contribution in [0.25, 0.3) is 0 Å². The van der Waals surface area contributed by atoms with Crippen LogP contribution in [0.15, 0.2) is 6.20 Å². The van der Waals surface area contributed by atoms with E-state index < -0.39 is 0 Å². The second-order valence-electron chi connectivity index (χ2n) is 4.48. The zero-order valence-corrected chi connectivity index (χ0v) is 9.80. The molecule has 1 aromatic rings. The summed E-state index contributed by atoms with van der Waals surface area (Å²) in [6, 6.07) is 0. The van der Waals surface area contributed by atoms with Crippen molar-refractivity contribution in [2.45, 2.75) is 20.8 Å². The molecule has 82 valence electrons. The summed E-state index contributed by atoms with van der Waals surface area (Å²) in [5, 5.41) is 3.21. The van der Waals surface area contributed by atoms with Crippen LogP contribution in [-0.2, 0) is 0 Å². The van der Waals surface area contributed by atoms with Gasteiger partial charge in [0, 0.05) is 12.7 Å². The standard InChI is InChI=1S/C10H14ClN3O/c1-10(2,3)6-13-8-7(5-15)4-12-9(11)14-8/h4-5H,6H2,1-3H3,(H,12,13,14). The van der Waals surface area contributed by atoms with Crippen molar-refractivity contribution in [1.29, 1.82) is 0 Å². The molecule has 0 aliphatic carbocycles. The lowest BCUT2D eigenvalue weighted by Gasteiger charge is -2.19. The Hall–Kier alpha value is -1.16. The SMILES string of the molecule is CC(C)(C)CNc1nc(Cl)ncc1C=O. The Kier molecular flexibility index (Phi) is 3.63. The van der Waals surface area contributed by atoms with Crippen molar-refractivity contribution >= 4 is 23.7 Å². The van der Waals surface area contributed by atoms with Crippen molar-refractivity contribution in [3.05, 3.63) is 17.0 Å². The van der Waals surface area contributed by atoms with Gasteiger partial charge >= 0.3 is 0 Å². The van der Waals surface area contributed by atoms with Crippen molar-refractivity contribution in [2.75, 3.05) is 11.9 Å². The molecule has 0 spiro atoms. The van der Waals surface area contributed by atoms with Crippen molar-refractivity contribution in [3.63, 3.8) is 0 Å². The van der Waals surface area contributed by atoms with Crippen molar-refractivity contribution < 1.29 is 4.79 Å². The fourth-order valence-electron chi connectivity index (χ4n) is 0.946. The van der Waals surface area contributed by atoms with E-state index in [0.717, 1.165) is 0 Å². The number of rotatable bonds is 3. The van der Waals surface area contributed by atoms with E-state index in [1.54, 1.807) is 0 Å². The van der Waals surface area contributed by atoms with Gasteiger partial charge in [-0.1, -0.05) is 20.8 Å². The van der Waals surface area contributed by atoms with Crippen molar-refractivity contribution in [2.24, 2.45) is 5.41 Å². The first kappa shape index (κ1) is 11.9. The Morgan fingerprint density at radius 3 is 2.73 bits per heavy atom. The number of halogens is 1. The van der Waals surface area contributed by atoms with Crippen LogP contribution in [0.4, 0.5) is 5.82 Å². The summed E-state index contributed by atoms with van der Waals surface area (Å²) in [6.07, 6.45) is 2.12. The van der Waals surface area contributed by atoms with Gasteiger partial charge in [-0.3, -0.25) is 4.79 Å². The third-order valence-electron chi connectivity index (χ3n) is 1.70. The van der Waals surface area contributed by atoms with E-state index in [1.165, 1.54) is 6.20 Å². The number of anilines is 1. The molecule has 0 bridgehead atoms. The van der Waals surface area contributed by atoms with Crippen LogP contribution in [-0.4, -0.2) is 22.8 Å². The van der Waals surface area contributed by atoms with Gasteiger partial charge in [-0.2, -0.15) is 0 Å². The zero-order chi connectivity index (χ0) is 11.5. The van der Waals surface area contributed by atoms with Crippen LogP contribution >= 0.6 is 11.6 Å². The molecule has 0 aliphatic rings. The summed E-state index contributed by atoms with van der Waals surface area (Å²) in [5.74, 6) is 0.486.